The fourth-order valence-corrected chi connectivity index (χ4v) is 0. The Bertz CT molecular complexity index is 27.7. The van der Waals surface area contributed by atoms with Gasteiger partial charge < -0.3 is 17.6 Å². The number of hydrogen-bond acceptors (Lipinski definition) is 2. The first-order chi connectivity index (χ1) is 1.91. The number of rotatable bonds is 1. The predicted molar refractivity (Wildman–Crippen MR) is 19.4 cm³/mol. The predicted octanol–water partition coefficient (Wildman–Crippen LogP) is -1.04. The number of amides is 1. The monoisotopic (exact) mass is 442 g/mol. The molecule has 0 rings (SSSR count). The van der Waals surface area contributed by atoms with Crippen molar-refractivity contribution in [2.75, 3.05) is 0 Å². The van der Waals surface area contributed by atoms with Crippen LogP contribution in [0.3, 0.4) is 0 Å². The minimum atomic E-state index is 0. The molecule has 0 saturated carbocycles. The van der Waals surface area contributed by atoms with E-state index in [2.05, 4.69) is 5.84 Å². The molecule has 42 valence electrons. The molecule has 0 fully saturated rings. The van der Waals surface area contributed by atoms with E-state index in [-0.39, 0.29) is 49.6 Å². The van der Waals surface area contributed by atoms with Crippen LogP contribution in [0.2, 0.25) is 0 Å². The van der Waals surface area contributed by atoms with Crippen LogP contribution in [0.15, 0.2) is 0 Å². The zero-order chi connectivity index (χ0) is 3.41. The summed E-state index contributed by atoms with van der Waals surface area (Å²) in [6, 6.07) is 0. The number of hydrogen-bond donors (Lipinski definition) is 2. The van der Waals surface area contributed by atoms with Crippen LogP contribution in [0.1, 0.15) is 0 Å². The van der Waals surface area contributed by atoms with Crippen LogP contribution in [-0.2, 0) is 46.9 Å². The van der Waals surface area contributed by atoms with Crippen LogP contribution in [0, 0.1) is 7.43 Å². The van der Waals surface area contributed by atoms with Gasteiger partial charge in [0.05, 0.1) is 0 Å². The van der Waals surface area contributed by atoms with Gasteiger partial charge in [0.2, 0.25) is 0 Å². The third-order valence-corrected chi connectivity index (χ3v) is 0.0589. The summed E-state index contributed by atoms with van der Waals surface area (Å²) in [6.07, 6.45) is 1.21. The van der Waals surface area contributed by atoms with Crippen molar-refractivity contribution < 1.29 is 46.9 Å². The second-order valence-electron chi connectivity index (χ2n) is 0.246. The maximum absolute atomic E-state index is 8.81. The topological polar surface area (TPSA) is 55.1 Å². The van der Waals surface area contributed by atoms with Crippen molar-refractivity contribution in [2.24, 2.45) is 5.84 Å². The number of nitrogens with two attached hydrogens (primary N) is 1. The molecule has 3 N–H and O–H groups in total. The molecule has 0 radical (unpaired) electrons. The maximum Gasteiger partial charge on any atom is 2.00 e. The standard InChI is InChI=1S/CH3N2O.CH3.2W/c2-3-1-4;;;/h2H2,(H,3,4);1H3;;/q2*-1;;+2. The van der Waals surface area contributed by atoms with E-state index in [1.165, 1.54) is 6.41 Å². The molecular weight excluding hydrogens is 436 g/mol. The summed E-state index contributed by atoms with van der Waals surface area (Å²) < 4.78 is 0. The van der Waals surface area contributed by atoms with E-state index in [0.717, 1.165) is 0 Å². The average Bonchev–Trinajstić information content (AvgIpc) is 1.37. The molecule has 7 heavy (non-hydrogen) atoms. The van der Waals surface area contributed by atoms with Crippen LogP contribution in [0.5, 0.6) is 0 Å². The third-order valence-electron chi connectivity index (χ3n) is 0.0589. The van der Waals surface area contributed by atoms with Gasteiger partial charge >= 0.3 is 21.1 Å². The summed E-state index contributed by atoms with van der Waals surface area (Å²) in [5.74, 6) is 4.35. The zero-order valence-corrected chi connectivity index (χ0v) is 9.67. The molecule has 0 aliphatic rings. The summed E-state index contributed by atoms with van der Waals surface area (Å²) in [5.41, 5.74) is 1.62. The molecule has 5 heteroatoms. The maximum atomic E-state index is 8.81. The molecule has 1 amide bonds. The molecule has 0 saturated heterocycles. The van der Waals surface area contributed by atoms with E-state index in [1.807, 2.05) is 0 Å². The number of nitrogens with one attached hydrogen (secondary N) is 1. The van der Waals surface area contributed by atoms with Crippen LogP contribution in [0.25, 0.3) is 0 Å². The van der Waals surface area contributed by atoms with Gasteiger partial charge in [0.15, 0.2) is 0 Å². The Morgan fingerprint density at radius 3 is 1.71 bits per heavy atom. The fraction of sp³-hybridized carbons (Fsp3) is 0. The van der Waals surface area contributed by atoms with Gasteiger partial charge in [0, 0.05) is 21.1 Å². The van der Waals surface area contributed by atoms with Gasteiger partial charge in [-0.15, -0.1) is 0 Å². The van der Waals surface area contributed by atoms with E-state index >= 15 is 0 Å². The quantitative estimate of drug-likeness (QED) is 0.180. The zero-order valence-electron chi connectivity index (χ0n) is 3.80. The number of hydrazine groups is 1. The van der Waals surface area contributed by atoms with Crippen molar-refractivity contribution in [3.63, 3.8) is 0 Å². The smallest absolute Gasteiger partial charge is 0.519 e. The molecule has 0 heterocycles. The van der Waals surface area contributed by atoms with Crippen molar-refractivity contribution in [3.8, 4) is 0 Å². The number of carbonyl (C=O) groups excluding carboxylic acids is 1. The van der Waals surface area contributed by atoms with Crippen LogP contribution in [-0.4, -0.2) is 6.41 Å². The first kappa shape index (κ1) is 25.0. The Balaban J connectivity index is -0.0000000150. The summed E-state index contributed by atoms with van der Waals surface area (Å²) in [7, 11) is 0. The van der Waals surface area contributed by atoms with E-state index in [4.69, 9.17) is 4.79 Å². The van der Waals surface area contributed by atoms with E-state index in [0.29, 0.717) is 0 Å². The molecule has 0 atom stereocenters. The molecule has 0 aliphatic carbocycles. The van der Waals surface area contributed by atoms with Crippen LogP contribution in [0.4, 0.5) is 0 Å². The Labute approximate surface area is 71.9 Å². The first-order valence-corrected chi connectivity index (χ1v) is 0.743. The van der Waals surface area contributed by atoms with Gasteiger partial charge in [-0.2, -0.15) is 6.41 Å². The molecule has 0 aromatic heterocycles. The molecule has 0 bridgehead atoms. The van der Waals surface area contributed by atoms with Gasteiger partial charge in [0.25, 0.3) is 0 Å². The summed E-state index contributed by atoms with van der Waals surface area (Å²) >= 11 is 0. The Kier molecular flexibility index (Phi) is 104. The molecule has 0 unspecified atom stereocenters. The SMILES string of the molecule is NN[C-]=O.[CH3-].[W+2].[W]. The van der Waals surface area contributed by atoms with Crippen molar-refractivity contribution in [2.45, 2.75) is 0 Å². The Morgan fingerprint density at radius 2 is 1.71 bits per heavy atom. The summed E-state index contributed by atoms with van der Waals surface area (Å²) in [5, 5.41) is 0. The van der Waals surface area contributed by atoms with Crippen LogP contribution < -0.4 is 11.3 Å². The van der Waals surface area contributed by atoms with Crippen molar-refractivity contribution in [1.29, 1.82) is 0 Å². The second-order valence-corrected chi connectivity index (χ2v) is 0.246. The van der Waals surface area contributed by atoms with Crippen molar-refractivity contribution in [3.05, 3.63) is 7.43 Å². The second kappa shape index (κ2) is 29.1. The Morgan fingerprint density at radius 1 is 1.57 bits per heavy atom. The molecule has 0 spiro atoms. The Hall–Kier alpha value is 0.807. The molecular formula is C2H6N2OW2. The van der Waals surface area contributed by atoms with E-state index in [9.17, 15) is 0 Å². The van der Waals surface area contributed by atoms with Crippen LogP contribution >= 0.6 is 0 Å². The largest absolute Gasteiger partial charge is 2.00 e. The first-order valence-electron chi connectivity index (χ1n) is 0.743. The summed E-state index contributed by atoms with van der Waals surface area (Å²) in [4.78, 5) is 8.81. The van der Waals surface area contributed by atoms with Crippen molar-refractivity contribution in [1.82, 2.24) is 5.43 Å². The third kappa shape index (κ3) is 48.2. The van der Waals surface area contributed by atoms with E-state index < -0.39 is 0 Å². The van der Waals surface area contributed by atoms with Gasteiger partial charge in [-0.1, -0.05) is 0 Å². The van der Waals surface area contributed by atoms with E-state index in [1.54, 1.807) is 5.43 Å². The molecule has 3 nitrogen and oxygen atoms in total. The minimum absolute atomic E-state index is 0. The normalized spacial score (nSPS) is 3.00. The van der Waals surface area contributed by atoms with Crippen molar-refractivity contribution >= 4 is 6.41 Å². The molecule has 0 aliphatic heterocycles. The van der Waals surface area contributed by atoms with Gasteiger partial charge in [-0.25, -0.2) is 0 Å². The summed E-state index contributed by atoms with van der Waals surface area (Å²) in [6.45, 7) is 0. The van der Waals surface area contributed by atoms with Gasteiger partial charge in [0.1, 0.15) is 0 Å². The van der Waals surface area contributed by atoms with Gasteiger partial charge in [-0.3, -0.25) is 5.84 Å². The van der Waals surface area contributed by atoms with Gasteiger partial charge in [-0.05, 0) is 0 Å². The molecule has 0 aromatic carbocycles. The fourth-order valence-electron chi connectivity index (χ4n) is 0. The average molecular weight is 442 g/mol. The molecule has 0 aromatic rings. The minimum Gasteiger partial charge on any atom is -0.519 e.